The number of anilines is 1. The van der Waals surface area contributed by atoms with Crippen LogP contribution in [0.5, 0.6) is 0 Å². The van der Waals surface area contributed by atoms with Crippen molar-refractivity contribution in [2.24, 2.45) is 10.4 Å². The number of thioether (sulfide) groups is 1. The number of fused-ring (bicyclic) bond motifs is 1. The molecular weight excluding hydrogens is 360 g/mol. The lowest BCUT2D eigenvalue weighted by atomic mass is 9.73. The van der Waals surface area contributed by atoms with Gasteiger partial charge in [-0.05, 0) is 72.9 Å². The molecule has 26 heavy (non-hydrogen) atoms. The minimum Gasteiger partial charge on any atom is -0.343 e. The van der Waals surface area contributed by atoms with Crippen LogP contribution < -0.4 is 5.32 Å². The first-order valence-corrected chi connectivity index (χ1v) is 11.0. The van der Waals surface area contributed by atoms with Gasteiger partial charge in [0, 0.05) is 22.7 Å². The number of nitrogens with one attached hydrogen (secondary N) is 1. The Morgan fingerprint density at radius 3 is 2.77 bits per heavy atom. The van der Waals surface area contributed by atoms with E-state index in [2.05, 4.69) is 53.5 Å². The van der Waals surface area contributed by atoms with Gasteiger partial charge in [0.25, 0.3) is 0 Å². The number of para-hydroxylation sites is 1. The molecule has 2 nitrogen and oxygen atoms in total. The molecule has 0 atom stereocenters. The van der Waals surface area contributed by atoms with E-state index in [0.29, 0.717) is 0 Å². The van der Waals surface area contributed by atoms with E-state index in [1.807, 2.05) is 12.1 Å². The lowest BCUT2D eigenvalue weighted by Crippen LogP contribution is -2.44. The van der Waals surface area contributed by atoms with Crippen LogP contribution in [0, 0.1) is 5.41 Å². The number of nitrogens with zero attached hydrogens (tertiary/aromatic N) is 1. The fourth-order valence-electron chi connectivity index (χ4n) is 4.05. The van der Waals surface area contributed by atoms with Gasteiger partial charge in [0.2, 0.25) is 0 Å². The Hall–Kier alpha value is -1.45. The Kier molecular flexibility index (Phi) is 5.56. The van der Waals surface area contributed by atoms with Crippen molar-refractivity contribution in [2.45, 2.75) is 32.1 Å². The van der Waals surface area contributed by atoms with Crippen molar-refractivity contribution in [3.8, 4) is 0 Å². The van der Waals surface area contributed by atoms with Gasteiger partial charge >= 0.3 is 0 Å². The zero-order valence-electron chi connectivity index (χ0n) is 15.0. The Labute approximate surface area is 165 Å². The van der Waals surface area contributed by atoms with E-state index in [4.69, 9.17) is 16.6 Å². The van der Waals surface area contributed by atoms with Crippen LogP contribution in [-0.2, 0) is 12.8 Å². The molecule has 2 heterocycles. The zero-order chi connectivity index (χ0) is 17.8. The van der Waals surface area contributed by atoms with E-state index in [9.17, 15) is 0 Å². The molecule has 0 bridgehead atoms. The molecule has 0 amide bonds. The van der Waals surface area contributed by atoms with Crippen molar-refractivity contribution >= 4 is 34.9 Å². The fourth-order valence-corrected chi connectivity index (χ4v) is 5.54. The molecule has 1 saturated heterocycles. The molecule has 0 aromatic heterocycles. The van der Waals surface area contributed by atoms with Gasteiger partial charge in [-0.2, -0.15) is 11.8 Å². The van der Waals surface area contributed by atoms with Crippen LogP contribution in [0.1, 0.15) is 30.4 Å². The van der Waals surface area contributed by atoms with E-state index < -0.39 is 0 Å². The molecule has 0 saturated carbocycles. The van der Waals surface area contributed by atoms with Crippen LogP contribution in [0.25, 0.3) is 0 Å². The van der Waals surface area contributed by atoms with E-state index in [0.717, 1.165) is 30.8 Å². The van der Waals surface area contributed by atoms with Crippen molar-refractivity contribution in [3.05, 3.63) is 64.7 Å². The van der Waals surface area contributed by atoms with Crippen molar-refractivity contribution in [3.63, 3.8) is 0 Å². The topological polar surface area (TPSA) is 24.4 Å². The third-order valence-electron chi connectivity index (χ3n) is 5.53. The van der Waals surface area contributed by atoms with Gasteiger partial charge in [0.1, 0.15) is 5.84 Å². The predicted molar refractivity (Wildman–Crippen MR) is 115 cm³/mol. The molecule has 0 aliphatic carbocycles. The summed E-state index contributed by atoms with van der Waals surface area (Å²) < 4.78 is 0. The SMILES string of the molecule is Clc1cccc(CCCN=C2Nc3ccccc3CC23CCSCC3)c1. The standard InChI is InChI=1S/C22H25ClN2S/c23-19-8-3-5-17(15-19)6-4-12-24-21-22(10-13-26-14-11-22)16-18-7-1-2-9-20(18)25-21/h1-3,5,7-9,15H,4,6,10-14,16H2,(H,24,25). The van der Waals surface area contributed by atoms with Gasteiger partial charge < -0.3 is 5.32 Å². The summed E-state index contributed by atoms with van der Waals surface area (Å²) in [6.45, 7) is 0.867. The molecule has 2 aromatic rings. The monoisotopic (exact) mass is 384 g/mol. The number of hydrogen-bond donors (Lipinski definition) is 1. The minimum atomic E-state index is 0.218. The summed E-state index contributed by atoms with van der Waals surface area (Å²) in [6.07, 6.45) is 5.66. The van der Waals surface area contributed by atoms with Crippen molar-refractivity contribution in [2.75, 3.05) is 23.4 Å². The maximum atomic E-state index is 6.09. The number of amidine groups is 1. The first-order chi connectivity index (χ1) is 12.8. The highest BCUT2D eigenvalue weighted by molar-refractivity contribution is 7.99. The molecule has 1 N–H and O–H groups in total. The van der Waals surface area contributed by atoms with Gasteiger partial charge in [0.15, 0.2) is 0 Å². The second-order valence-electron chi connectivity index (χ2n) is 7.32. The highest BCUT2D eigenvalue weighted by Crippen LogP contribution is 2.43. The summed E-state index contributed by atoms with van der Waals surface area (Å²) >= 11 is 8.16. The van der Waals surface area contributed by atoms with Crippen molar-refractivity contribution < 1.29 is 0 Å². The molecule has 2 aliphatic heterocycles. The summed E-state index contributed by atoms with van der Waals surface area (Å²) in [6, 6.07) is 16.9. The van der Waals surface area contributed by atoms with E-state index >= 15 is 0 Å². The van der Waals surface area contributed by atoms with Crippen LogP contribution in [0.3, 0.4) is 0 Å². The van der Waals surface area contributed by atoms with E-state index in [-0.39, 0.29) is 5.41 Å². The molecule has 1 fully saturated rings. The third kappa shape index (κ3) is 3.94. The second kappa shape index (κ2) is 8.06. The molecule has 2 aliphatic rings. The molecule has 2 aromatic carbocycles. The first-order valence-electron chi connectivity index (χ1n) is 9.47. The molecule has 0 radical (unpaired) electrons. The Bertz CT molecular complexity index is 796. The van der Waals surface area contributed by atoms with Crippen LogP contribution >= 0.6 is 23.4 Å². The Balaban J connectivity index is 1.48. The summed E-state index contributed by atoms with van der Waals surface area (Å²) in [5.41, 5.74) is 4.20. The predicted octanol–water partition coefficient (Wildman–Crippen LogP) is 5.85. The summed E-state index contributed by atoms with van der Waals surface area (Å²) in [5.74, 6) is 3.71. The largest absolute Gasteiger partial charge is 0.343 e. The number of halogens is 1. The van der Waals surface area contributed by atoms with Gasteiger partial charge in [-0.25, -0.2) is 0 Å². The van der Waals surface area contributed by atoms with Gasteiger partial charge in [-0.1, -0.05) is 41.9 Å². The quantitative estimate of drug-likeness (QED) is 0.668. The molecule has 1 spiro atoms. The zero-order valence-corrected chi connectivity index (χ0v) is 16.6. The second-order valence-corrected chi connectivity index (χ2v) is 8.98. The van der Waals surface area contributed by atoms with Crippen LogP contribution in [-0.4, -0.2) is 23.9 Å². The van der Waals surface area contributed by atoms with Crippen LogP contribution in [0.2, 0.25) is 5.02 Å². The smallest absolute Gasteiger partial charge is 0.107 e. The fraction of sp³-hybridized carbons (Fsp3) is 0.409. The van der Waals surface area contributed by atoms with Gasteiger partial charge in [0.05, 0.1) is 0 Å². The molecule has 0 unspecified atom stereocenters. The summed E-state index contributed by atoms with van der Waals surface area (Å²) in [5, 5.41) is 4.50. The average Bonchev–Trinajstić information content (AvgIpc) is 2.66. The number of hydrogen-bond acceptors (Lipinski definition) is 2. The van der Waals surface area contributed by atoms with Crippen molar-refractivity contribution in [1.29, 1.82) is 0 Å². The normalized spacial score (nSPS) is 20.0. The number of aryl methyl sites for hydroxylation is 1. The van der Waals surface area contributed by atoms with Crippen LogP contribution in [0.15, 0.2) is 53.5 Å². The maximum Gasteiger partial charge on any atom is 0.107 e. The summed E-state index contributed by atoms with van der Waals surface area (Å²) in [4.78, 5) is 5.06. The van der Waals surface area contributed by atoms with Gasteiger partial charge in [-0.15, -0.1) is 0 Å². The lowest BCUT2D eigenvalue weighted by molar-refractivity contribution is 0.377. The molecule has 4 heteroatoms. The van der Waals surface area contributed by atoms with E-state index in [1.54, 1.807) is 0 Å². The number of benzene rings is 2. The highest BCUT2D eigenvalue weighted by atomic mass is 35.5. The highest BCUT2D eigenvalue weighted by Gasteiger charge is 2.41. The lowest BCUT2D eigenvalue weighted by Gasteiger charge is -2.42. The third-order valence-corrected chi connectivity index (χ3v) is 6.75. The van der Waals surface area contributed by atoms with Gasteiger partial charge in [-0.3, -0.25) is 4.99 Å². The molecule has 4 rings (SSSR count). The van der Waals surface area contributed by atoms with Crippen molar-refractivity contribution in [1.82, 2.24) is 0 Å². The minimum absolute atomic E-state index is 0.218. The average molecular weight is 385 g/mol. The Morgan fingerprint density at radius 2 is 1.92 bits per heavy atom. The summed E-state index contributed by atoms with van der Waals surface area (Å²) in [7, 11) is 0. The molecular formula is C22H25ClN2S. The van der Waals surface area contributed by atoms with Crippen LogP contribution in [0.4, 0.5) is 5.69 Å². The van der Waals surface area contributed by atoms with E-state index in [1.165, 1.54) is 47.0 Å². The Morgan fingerprint density at radius 1 is 1.08 bits per heavy atom. The first kappa shape index (κ1) is 17.9. The number of rotatable bonds is 4. The number of aliphatic imine (C=N–C) groups is 1. The molecule has 136 valence electrons. The maximum absolute atomic E-state index is 6.09.